The number of rotatable bonds is 5. The van der Waals surface area contributed by atoms with Gasteiger partial charge in [0.15, 0.2) is 0 Å². The van der Waals surface area contributed by atoms with Crippen molar-refractivity contribution < 1.29 is 9.59 Å². The first-order chi connectivity index (χ1) is 10.5. The van der Waals surface area contributed by atoms with Gasteiger partial charge in [0.2, 0.25) is 11.8 Å². The van der Waals surface area contributed by atoms with Crippen LogP contribution in [0.3, 0.4) is 0 Å². The lowest BCUT2D eigenvalue weighted by Crippen LogP contribution is -2.27. The molecule has 0 aliphatic carbocycles. The van der Waals surface area contributed by atoms with E-state index in [1.54, 1.807) is 0 Å². The van der Waals surface area contributed by atoms with Crippen LogP contribution in [0.25, 0.3) is 0 Å². The van der Waals surface area contributed by atoms with E-state index in [4.69, 9.17) is 0 Å². The number of amides is 2. The molecule has 2 amide bonds. The van der Waals surface area contributed by atoms with Crippen LogP contribution in [0.4, 0.5) is 5.69 Å². The number of anilines is 1. The van der Waals surface area contributed by atoms with Gasteiger partial charge in [-0.3, -0.25) is 9.59 Å². The van der Waals surface area contributed by atoms with Gasteiger partial charge in [-0.25, -0.2) is 0 Å². The summed E-state index contributed by atoms with van der Waals surface area (Å²) in [6.45, 7) is 12.6. The third-order valence-corrected chi connectivity index (χ3v) is 3.15. The molecule has 1 rings (SSSR count). The Kier molecular flexibility index (Phi) is 6.37. The van der Waals surface area contributed by atoms with Crippen LogP contribution in [-0.4, -0.2) is 11.8 Å². The minimum absolute atomic E-state index is 0.00836. The van der Waals surface area contributed by atoms with Gasteiger partial charge in [-0.15, -0.1) is 0 Å². The van der Waals surface area contributed by atoms with Crippen LogP contribution in [0, 0.1) is 10.8 Å². The zero-order valence-corrected chi connectivity index (χ0v) is 15.2. The van der Waals surface area contributed by atoms with Gasteiger partial charge in [0.25, 0.3) is 0 Å². The molecular weight excluding hydrogens is 288 g/mol. The second-order valence-corrected chi connectivity index (χ2v) is 8.46. The van der Waals surface area contributed by atoms with Crippen LogP contribution >= 0.6 is 0 Å². The largest absolute Gasteiger partial charge is 0.352 e. The lowest BCUT2D eigenvalue weighted by atomic mass is 9.92. The molecule has 0 aliphatic heterocycles. The van der Waals surface area contributed by atoms with Gasteiger partial charge in [-0.2, -0.15) is 0 Å². The van der Waals surface area contributed by atoms with E-state index in [0.717, 1.165) is 11.3 Å². The molecular formula is C19H30N2O2. The minimum Gasteiger partial charge on any atom is -0.352 e. The summed E-state index contributed by atoms with van der Waals surface area (Å²) >= 11 is 0. The van der Waals surface area contributed by atoms with E-state index in [1.807, 2.05) is 65.8 Å². The third kappa shape index (κ3) is 8.38. The Bertz CT molecular complexity index is 551. The molecule has 0 aliphatic rings. The molecule has 2 N–H and O–H groups in total. The zero-order chi connectivity index (χ0) is 17.7. The summed E-state index contributed by atoms with van der Waals surface area (Å²) in [7, 11) is 0. The lowest BCUT2D eigenvalue weighted by molar-refractivity contribution is -0.123. The molecule has 23 heavy (non-hydrogen) atoms. The van der Waals surface area contributed by atoms with Gasteiger partial charge in [0, 0.05) is 25.1 Å². The van der Waals surface area contributed by atoms with Crippen molar-refractivity contribution >= 4 is 17.5 Å². The van der Waals surface area contributed by atoms with Crippen LogP contribution in [0.15, 0.2) is 24.3 Å². The van der Waals surface area contributed by atoms with Crippen LogP contribution < -0.4 is 10.6 Å². The summed E-state index contributed by atoms with van der Waals surface area (Å²) in [5.74, 6) is 0.0132. The van der Waals surface area contributed by atoms with E-state index in [9.17, 15) is 9.59 Å². The van der Waals surface area contributed by atoms with Gasteiger partial charge in [0.05, 0.1) is 0 Å². The first-order valence-electron chi connectivity index (χ1n) is 8.11. The number of carbonyl (C=O) groups excluding carboxylic acids is 2. The highest BCUT2D eigenvalue weighted by atomic mass is 16.2. The molecule has 0 spiro atoms. The predicted molar refractivity (Wildman–Crippen MR) is 95.1 cm³/mol. The van der Waals surface area contributed by atoms with E-state index in [1.165, 1.54) is 0 Å². The van der Waals surface area contributed by atoms with Crippen molar-refractivity contribution in [1.82, 2.24) is 5.32 Å². The van der Waals surface area contributed by atoms with E-state index in [0.29, 0.717) is 19.4 Å². The van der Waals surface area contributed by atoms with Crippen molar-refractivity contribution in [2.75, 3.05) is 5.32 Å². The molecule has 1 aromatic carbocycles. The van der Waals surface area contributed by atoms with Crippen LogP contribution in [-0.2, 0) is 16.1 Å². The number of carbonyl (C=O) groups is 2. The fourth-order valence-corrected chi connectivity index (χ4v) is 2.21. The zero-order valence-electron chi connectivity index (χ0n) is 15.2. The fourth-order valence-electron chi connectivity index (χ4n) is 2.21. The molecule has 0 atom stereocenters. The Labute approximate surface area is 140 Å². The molecule has 0 heterocycles. The van der Waals surface area contributed by atoms with E-state index in [2.05, 4.69) is 10.6 Å². The monoisotopic (exact) mass is 318 g/mol. The van der Waals surface area contributed by atoms with Gasteiger partial charge < -0.3 is 10.6 Å². The highest BCUT2D eigenvalue weighted by Gasteiger charge is 2.18. The summed E-state index contributed by atoms with van der Waals surface area (Å²) in [6.07, 6.45) is 0.934. The number of nitrogens with one attached hydrogen (secondary N) is 2. The number of hydrogen-bond donors (Lipinski definition) is 2. The topological polar surface area (TPSA) is 58.2 Å². The smallest absolute Gasteiger partial charge is 0.224 e. The van der Waals surface area contributed by atoms with Crippen molar-refractivity contribution in [2.24, 2.45) is 10.8 Å². The number of hydrogen-bond acceptors (Lipinski definition) is 2. The summed E-state index contributed by atoms with van der Waals surface area (Å²) < 4.78 is 0. The van der Waals surface area contributed by atoms with E-state index < -0.39 is 0 Å². The molecule has 0 fully saturated rings. The molecule has 0 unspecified atom stereocenters. The minimum atomic E-state index is -0.0556. The van der Waals surface area contributed by atoms with Gasteiger partial charge in [-0.05, 0) is 22.5 Å². The number of benzene rings is 1. The molecule has 0 saturated heterocycles. The van der Waals surface area contributed by atoms with E-state index >= 15 is 0 Å². The second kappa shape index (κ2) is 7.62. The molecule has 1 aromatic rings. The molecule has 0 bridgehead atoms. The predicted octanol–water partition coefficient (Wildman–Crippen LogP) is 4.11. The van der Waals surface area contributed by atoms with Gasteiger partial charge in [0.1, 0.15) is 0 Å². The normalized spacial score (nSPS) is 11.9. The molecule has 128 valence electrons. The van der Waals surface area contributed by atoms with Gasteiger partial charge >= 0.3 is 0 Å². The Morgan fingerprint density at radius 3 is 1.96 bits per heavy atom. The molecule has 0 radical (unpaired) electrons. The summed E-state index contributed by atoms with van der Waals surface area (Å²) in [4.78, 5) is 24.1. The SMILES string of the molecule is CC(C)(C)CC(=O)NCc1ccccc1NC(=O)CC(C)(C)C. The first kappa shape index (κ1) is 19.2. The standard InChI is InChI=1S/C19H30N2O2/c1-18(2,3)11-16(22)20-13-14-9-7-8-10-15(14)21-17(23)12-19(4,5)6/h7-10H,11-13H2,1-6H3,(H,20,22)(H,21,23). The molecule has 4 nitrogen and oxygen atoms in total. The van der Waals surface area contributed by atoms with Crippen LogP contribution in [0.5, 0.6) is 0 Å². The van der Waals surface area contributed by atoms with E-state index in [-0.39, 0.29) is 22.6 Å². The summed E-state index contributed by atoms with van der Waals surface area (Å²) in [5.41, 5.74) is 1.58. The Balaban J connectivity index is 2.67. The maximum absolute atomic E-state index is 12.1. The molecule has 0 aromatic heterocycles. The van der Waals surface area contributed by atoms with Crippen molar-refractivity contribution in [2.45, 2.75) is 60.9 Å². The van der Waals surface area contributed by atoms with Gasteiger partial charge in [-0.1, -0.05) is 59.7 Å². The average Bonchev–Trinajstić information content (AvgIpc) is 2.33. The maximum Gasteiger partial charge on any atom is 0.224 e. The highest BCUT2D eigenvalue weighted by molar-refractivity contribution is 5.92. The molecule has 0 saturated carbocycles. The Morgan fingerprint density at radius 1 is 0.870 bits per heavy atom. The summed E-state index contributed by atoms with van der Waals surface area (Å²) in [5, 5.41) is 5.88. The summed E-state index contributed by atoms with van der Waals surface area (Å²) in [6, 6.07) is 7.58. The Hall–Kier alpha value is -1.84. The van der Waals surface area contributed by atoms with Crippen molar-refractivity contribution in [3.63, 3.8) is 0 Å². The van der Waals surface area contributed by atoms with Crippen molar-refractivity contribution in [1.29, 1.82) is 0 Å². The number of para-hydroxylation sites is 1. The first-order valence-corrected chi connectivity index (χ1v) is 8.11. The fraction of sp³-hybridized carbons (Fsp3) is 0.579. The maximum atomic E-state index is 12.1. The third-order valence-electron chi connectivity index (χ3n) is 3.15. The second-order valence-electron chi connectivity index (χ2n) is 8.46. The lowest BCUT2D eigenvalue weighted by Gasteiger charge is -2.19. The van der Waals surface area contributed by atoms with Crippen LogP contribution in [0.2, 0.25) is 0 Å². The van der Waals surface area contributed by atoms with Crippen molar-refractivity contribution in [3.8, 4) is 0 Å². The van der Waals surface area contributed by atoms with Crippen molar-refractivity contribution in [3.05, 3.63) is 29.8 Å². The quantitative estimate of drug-likeness (QED) is 0.858. The molecule has 4 heteroatoms. The Morgan fingerprint density at radius 2 is 1.39 bits per heavy atom. The average molecular weight is 318 g/mol. The highest BCUT2D eigenvalue weighted by Crippen LogP contribution is 2.22. The van der Waals surface area contributed by atoms with Crippen LogP contribution in [0.1, 0.15) is 59.9 Å².